The van der Waals surface area contributed by atoms with Crippen molar-refractivity contribution in [1.82, 2.24) is 9.55 Å². The van der Waals surface area contributed by atoms with Gasteiger partial charge in [0.2, 0.25) is 0 Å². The summed E-state index contributed by atoms with van der Waals surface area (Å²) < 4.78 is 33.3. The van der Waals surface area contributed by atoms with E-state index in [1.54, 1.807) is 38.3 Å². The number of methoxy groups -OCH3 is 1. The Labute approximate surface area is 132 Å². The molecule has 0 amide bonds. The number of anilines is 1. The molecule has 6 heteroatoms. The fraction of sp³-hybridized carbons (Fsp3) is 0.235. The van der Waals surface area contributed by atoms with Gasteiger partial charge in [-0.15, -0.1) is 0 Å². The molecular weight excluding hydrogens is 300 g/mol. The summed E-state index contributed by atoms with van der Waals surface area (Å²) in [5.41, 5.74) is 1.71. The van der Waals surface area contributed by atoms with Gasteiger partial charge >= 0.3 is 6.55 Å². The minimum atomic E-state index is -2.65. The highest BCUT2D eigenvalue weighted by molar-refractivity contribution is 5.76. The molecule has 0 spiro atoms. The van der Waals surface area contributed by atoms with Gasteiger partial charge in [0.05, 0.1) is 29.9 Å². The van der Waals surface area contributed by atoms with Gasteiger partial charge < -0.3 is 10.1 Å². The number of aromatic nitrogens is 2. The first-order chi connectivity index (χ1) is 11.1. The number of alkyl halides is 2. The van der Waals surface area contributed by atoms with Crippen LogP contribution in [-0.2, 0) is 0 Å². The monoisotopic (exact) mass is 317 g/mol. The van der Waals surface area contributed by atoms with Crippen LogP contribution in [0, 0.1) is 0 Å². The van der Waals surface area contributed by atoms with Crippen LogP contribution in [0.25, 0.3) is 11.0 Å². The number of hydrogen-bond donors (Lipinski definition) is 1. The normalized spacial score (nSPS) is 12.6. The van der Waals surface area contributed by atoms with E-state index in [1.807, 2.05) is 24.3 Å². The smallest absolute Gasteiger partial charge is 0.320 e. The molecule has 1 heterocycles. The molecule has 0 aliphatic heterocycles. The molecule has 3 aromatic rings. The Morgan fingerprint density at radius 2 is 1.78 bits per heavy atom. The molecule has 0 radical (unpaired) electrons. The number of nitrogens with zero attached hydrogens (tertiary/aromatic N) is 2. The van der Waals surface area contributed by atoms with Crippen LogP contribution >= 0.6 is 0 Å². The maximum atomic E-state index is 13.5. The Balaban J connectivity index is 2.00. The number of fused-ring (bicyclic) bond motifs is 1. The second kappa shape index (κ2) is 6.24. The van der Waals surface area contributed by atoms with Gasteiger partial charge in [0, 0.05) is 0 Å². The molecule has 0 aliphatic carbocycles. The van der Waals surface area contributed by atoms with Crippen LogP contribution in [0.3, 0.4) is 0 Å². The number of benzene rings is 2. The van der Waals surface area contributed by atoms with E-state index in [-0.39, 0.29) is 5.82 Å². The molecule has 0 aliphatic rings. The number of nitrogens with one attached hydrogen (secondary N) is 1. The Bertz CT molecular complexity index is 816. The molecule has 4 nitrogen and oxygen atoms in total. The summed E-state index contributed by atoms with van der Waals surface area (Å²) in [6, 6.07) is 13.8. The van der Waals surface area contributed by atoms with Gasteiger partial charge in [-0.25, -0.2) is 4.98 Å². The van der Waals surface area contributed by atoms with Gasteiger partial charge in [0.15, 0.2) is 0 Å². The molecule has 2 aromatic carbocycles. The van der Waals surface area contributed by atoms with E-state index >= 15 is 0 Å². The first-order valence-corrected chi connectivity index (χ1v) is 7.26. The Morgan fingerprint density at radius 1 is 1.09 bits per heavy atom. The summed E-state index contributed by atoms with van der Waals surface area (Å²) in [7, 11) is 1.57. The van der Waals surface area contributed by atoms with Crippen LogP contribution in [0.4, 0.5) is 14.5 Å². The fourth-order valence-electron chi connectivity index (χ4n) is 2.64. The van der Waals surface area contributed by atoms with Crippen molar-refractivity contribution in [3.05, 3.63) is 54.4 Å². The van der Waals surface area contributed by atoms with E-state index < -0.39 is 12.6 Å². The van der Waals surface area contributed by atoms with Crippen molar-refractivity contribution in [3.63, 3.8) is 0 Å². The van der Waals surface area contributed by atoms with Crippen molar-refractivity contribution >= 4 is 16.7 Å². The summed E-state index contributed by atoms with van der Waals surface area (Å²) in [5.74, 6) is 0.936. The van der Waals surface area contributed by atoms with Crippen molar-refractivity contribution < 1.29 is 13.5 Å². The first kappa shape index (κ1) is 15.3. The maximum absolute atomic E-state index is 13.5. The predicted octanol–water partition coefficient (Wildman–Crippen LogP) is 4.61. The molecule has 0 unspecified atom stereocenters. The molecule has 0 fully saturated rings. The number of imidazole rings is 1. The average molecular weight is 317 g/mol. The van der Waals surface area contributed by atoms with E-state index in [9.17, 15) is 8.78 Å². The zero-order valence-electron chi connectivity index (χ0n) is 12.8. The minimum absolute atomic E-state index is 0.284. The zero-order chi connectivity index (χ0) is 16.4. The van der Waals surface area contributed by atoms with Crippen molar-refractivity contribution in [3.8, 4) is 5.75 Å². The molecule has 1 aromatic heterocycles. The lowest BCUT2D eigenvalue weighted by Gasteiger charge is -2.18. The summed E-state index contributed by atoms with van der Waals surface area (Å²) in [6.45, 7) is -0.855. The molecule has 23 heavy (non-hydrogen) atoms. The average Bonchev–Trinajstić information content (AvgIpc) is 2.95. The van der Waals surface area contributed by atoms with Crippen LogP contribution in [0.2, 0.25) is 0 Å². The number of para-hydroxylation sites is 4. The SMILES string of the molecule is COc1ccccc1N[C@@H](C)c1nc2ccccc2n1C(F)F. The van der Waals surface area contributed by atoms with Crippen molar-refractivity contribution in [1.29, 1.82) is 0 Å². The lowest BCUT2D eigenvalue weighted by molar-refractivity contribution is 0.0708. The van der Waals surface area contributed by atoms with Crippen LogP contribution < -0.4 is 10.1 Å². The molecule has 1 N–H and O–H groups in total. The van der Waals surface area contributed by atoms with Gasteiger partial charge in [-0.05, 0) is 31.2 Å². The lowest BCUT2D eigenvalue weighted by atomic mass is 10.2. The van der Waals surface area contributed by atoms with Crippen molar-refractivity contribution in [2.75, 3.05) is 12.4 Å². The largest absolute Gasteiger partial charge is 0.495 e. The van der Waals surface area contributed by atoms with Crippen molar-refractivity contribution in [2.24, 2.45) is 0 Å². The second-order valence-electron chi connectivity index (χ2n) is 5.17. The van der Waals surface area contributed by atoms with E-state index in [1.165, 1.54) is 0 Å². The predicted molar refractivity (Wildman–Crippen MR) is 86.0 cm³/mol. The summed E-state index contributed by atoms with van der Waals surface area (Å²) in [5, 5.41) is 3.19. The van der Waals surface area contributed by atoms with Gasteiger partial charge in [-0.2, -0.15) is 8.78 Å². The molecule has 0 saturated heterocycles. The van der Waals surface area contributed by atoms with Gasteiger partial charge in [0.25, 0.3) is 0 Å². The first-order valence-electron chi connectivity index (χ1n) is 7.26. The molecule has 120 valence electrons. The van der Waals surface area contributed by atoms with E-state index in [2.05, 4.69) is 10.3 Å². The van der Waals surface area contributed by atoms with Crippen LogP contribution in [0.5, 0.6) is 5.75 Å². The van der Waals surface area contributed by atoms with Gasteiger partial charge in [-0.1, -0.05) is 24.3 Å². The standard InChI is InChI=1S/C17H17F2N3O/c1-11(20-13-8-4-6-10-15(13)23-2)16-21-12-7-3-5-9-14(12)22(16)17(18)19/h3-11,17,20H,1-2H3/t11-/m0/s1. The molecule has 0 bridgehead atoms. The summed E-state index contributed by atoms with van der Waals surface area (Å²) in [4.78, 5) is 4.37. The number of ether oxygens (including phenoxy) is 1. The maximum Gasteiger partial charge on any atom is 0.320 e. The Hall–Kier alpha value is -2.63. The highest BCUT2D eigenvalue weighted by Crippen LogP contribution is 2.31. The summed E-state index contributed by atoms with van der Waals surface area (Å²) in [6.07, 6.45) is 0. The number of rotatable bonds is 5. The zero-order valence-corrected chi connectivity index (χ0v) is 12.8. The van der Waals surface area contributed by atoms with E-state index in [0.29, 0.717) is 16.8 Å². The van der Waals surface area contributed by atoms with Crippen LogP contribution in [0.1, 0.15) is 25.3 Å². The van der Waals surface area contributed by atoms with Gasteiger partial charge in [-0.3, -0.25) is 4.57 Å². The van der Waals surface area contributed by atoms with Crippen LogP contribution in [0.15, 0.2) is 48.5 Å². The highest BCUT2D eigenvalue weighted by atomic mass is 19.3. The topological polar surface area (TPSA) is 39.1 Å². The summed E-state index contributed by atoms with van der Waals surface area (Å²) >= 11 is 0. The minimum Gasteiger partial charge on any atom is -0.495 e. The van der Waals surface area contributed by atoms with E-state index in [4.69, 9.17) is 4.74 Å². The number of hydrogen-bond acceptors (Lipinski definition) is 3. The molecular formula is C17H17F2N3O. The fourth-order valence-corrected chi connectivity index (χ4v) is 2.64. The molecule has 0 saturated carbocycles. The molecule has 3 rings (SSSR count). The third-order valence-electron chi connectivity index (χ3n) is 3.68. The van der Waals surface area contributed by atoms with E-state index in [0.717, 1.165) is 10.3 Å². The number of halogens is 2. The highest BCUT2D eigenvalue weighted by Gasteiger charge is 2.22. The lowest BCUT2D eigenvalue weighted by Crippen LogP contribution is -2.14. The third-order valence-corrected chi connectivity index (χ3v) is 3.68. The van der Waals surface area contributed by atoms with Crippen molar-refractivity contribution in [2.45, 2.75) is 19.5 Å². The molecule has 1 atom stereocenters. The third kappa shape index (κ3) is 2.84. The quantitative estimate of drug-likeness (QED) is 0.746. The Morgan fingerprint density at radius 3 is 2.52 bits per heavy atom. The second-order valence-corrected chi connectivity index (χ2v) is 5.17. The van der Waals surface area contributed by atoms with Crippen LogP contribution in [-0.4, -0.2) is 16.7 Å². The van der Waals surface area contributed by atoms with Gasteiger partial charge in [0.1, 0.15) is 11.6 Å². The Kier molecular flexibility index (Phi) is 4.14.